The van der Waals surface area contributed by atoms with Crippen LogP contribution in [0.3, 0.4) is 0 Å². The maximum absolute atomic E-state index is 13.1. The average Bonchev–Trinajstić information content (AvgIpc) is 2.69. The summed E-state index contributed by atoms with van der Waals surface area (Å²) in [4.78, 5) is 12.9. The molecule has 1 atom stereocenters. The average molecular weight is 445 g/mol. The van der Waals surface area contributed by atoms with Crippen molar-refractivity contribution >= 4 is 33.4 Å². The van der Waals surface area contributed by atoms with E-state index in [0.717, 1.165) is 12.1 Å². The normalized spacial score (nSPS) is 18.0. The fraction of sp³-hybridized carbons (Fsp3) is 0.316. The van der Waals surface area contributed by atoms with Crippen molar-refractivity contribution in [2.24, 2.45) is 5.92 Å². The third kappa shape index (κ3) is 5.31. The molecule has 0 aliphatic carbocycles. The van der Waals surface area contributed by atoms with Crippen molar-refractivity contribution in [3.05, 3.63) is 54.3 Å². The highest BCUT2D eigenvalue weighted by molar-refractivity contribution is 7.99. The SMILES string of the molecule is O=C(Nc1ccccc1SC(F)F)C1CCCN(S(=O)(=O)c2ccc(F)cc2)C1. The molecule has 29 heavy (non-hydrogen) atoms. The van der Waals surface area contributed by atoms with Gasteiger partial charge in [0.05, 0.1) is 16.5 Å². The van der Waals surface area contributed by atoms with Gasteiger partial charge in [0, 0.05) is 18.0 Å². The molecule has 0 bridgehead atoms. The molecule has 0 radical (unpaired) electrons. The molecule has 0 saturated carbocycles. The predicted molar refractivity (Wildman–Crippen MR) is 105 cm³/mol. The Hall–Kier alpha value is -2.04. The zero-order valence-electron chi connectivity index (χ0n) is 15.2. The third-order valence-corrected chi connectivity index (χ3v) is 7.23. The minimum absolute atomic E-state index is 0.0320. The number of hydrogen-bond acceptors (Lipinski definition) is 4. The highest BCUT2D eigenvalue weighted by atomic mass is 32.2. The van der Waals surface area contributed by atoms with E-state index in [0.29, 0.717) is 24.6 Å². The van der Waals surface area contributed by atoms with Crippen LogP contribution in [0.5, 0.6) is 0 Å². The molecule has 10 heteroatoms. The van der Waals surface area contributed by atoms with Gasteiger partial charge in [0.2, 0.25) is 15.9 Å². The number of thioether (sulfide) groups is 1. The van der Waals surface area contributed by atoms with Gasteiger partial charge in [-0.2, -0.15) is 13.1 Å². The first-order chi connectivity index (χ1) is 13.8. The molecule has 5 nitrogen and oxygen atoms in total. The lowest BCUT2D eigenvalue weighted by atomic mass is 9.99. The smallest absolute Gasteiger partial charge is 0.288 e. The Balaban J connectivity index is 1.72. The van der Waals surface area contributed by atoms with Crippen LogP contribution < -0.4 is 5.32 Å². The highest BCUT2D eigenvalue weighted by Crippen LogP contribution is 2.32. The molecule has 3 rings (SSSR count). The predicted octanol–water partition coefficient (Wildman–Crippen LogP) is 4.18. The number of para-hydroxylation sites is 1. The van der Waals surface area contributed by atoms with Crippen LogP contribution in [-0.2, 0) is 14.8 Å². The van der Waals surface area contributed by atoms with Gasteiger partial charge in [-0.15, -0.1) is 0 Å². The fourth-order valence-electron chi connectivity index (χ4n) is 3.13. The van der Waals surface area contributed by atoms with E-state index in [9.17, 15) is 26.4 Å². The van der Waals surface area contributed by atoms with Crippen LogP contribution in [-0.4, -0.2) is 37.5 Å². The van der Waals surface area contributed by atoms with E-state index in [1.165, 1.54) is 28.6 Å². The topological polar surface area (TPSA) is 66.5 Å². The molecule has 0 spiro atoms. The van der Waals surface area contributed by atoms with Gasteiger partial charge in [-0.1, -0.05) is 23.9 Å². The van der Waals surface area contributed by atoms with Crippen LogP contribution in [0.1, 0.15) is 12.8 Å². The quantitative estimate of drug-likeness (QED) is 0.679. The van der Waals surface area contributed by atoms with E-state index in [-0.39, 0.29) is 28.6 Å². The Morgan fingerprint density at radius 1 is 1.14 bits per heavy atom. The van der Waals surface area contributed by atoms with Crippen LogP contribution in [0.4, 0.5) is 18.9 Å². The van der Waals surface area contributed by atoms with Crippen molar-refractivity contribution < 1.29 is 26.4 Å². The molecule has 1 aliphatic heterocycles. The Kier molecular flexibility index (Phi) is 6.86. The molecule has 1 unspecified atom stereocenters. The summed E-state index contributed by atoms with van der Waals surface area (Å²) in [6.07, 6.45) is 0.956. The lowest BCUT2D eigenvalue weighted by Crippen LogP contribution is -2.43. The second-order valence-electron chi connectivity index (χ2n) is 6.52. The van der Waals surface area contributed by atoms with Crippen molar-refractivity contribution in [3.63, 3.8) is 0 Å². The highest BCUT2D eigenvalue weighted by Gasteiger charge is 2.33. The lowest BCUT2D eigenvalue weighted by Gasteiger charge is -2.31. The Bertz CT molecular complexity index is 969. The Morgan fingerprint density at radius 3 is 2.52 bits per heavy atom. The molecule has 0 aromatic heterocycles. The van der Waals surface area contributed by atoms with Gasteiger partial charge in [-0.05, 0) is 49.2 Å². The maximum Gasteiger partial charge on any atom is 0.288 e. The summed E-state index contributed by atoms with van der Waals surface area (Å²) in [5.41, 5.74) is 0.265. The molecule has 1 saturated heterocycles. The number of nitrogens with one attached hydrogen (secondary N) is 1. The number of piperidine rings is 1. The molecule has 1 fully saturated rings. The monoisotopic (exact) mass is 444 g/mol. The minimum Gasteiger partial charge on any atom is -0.325 e. The number of alkyl halides is 2. The van der Waals surface area contributed by atoms with Gasteiger partial charge < -0.3 is 5.32 Å². The number of carbonyl (C=O) groups excluding carboxylic acids is 1. The fourth-order valence-corrected chi connectivity index (χ4v) is 5.25. The number of sulfonamides is 1. The maximum atomic E-state index is 13.1. The van der Waals surface area contributed by atoms with E-state index in [2.05, 4.69) is 5.32 Å². The molecular formula is C19H19F3N2O3S2. The van der Waals surface area contributed by atoms with Crippen molar-refractivity contribution in [1.29, 1.82) is 0 Å². The van der Waals surface area contributed by atoms with Crippen molar-refractivity contribution in [2.75, 3.05) is 18.4 Å². The Morgan fingerprint density at radius 2 is 1.83 bits per heavy atom. The lowest BCUT2D eigenvalue weighted by molar-refractivity contribution is -0.120. The number of benzene rings is 2. The molecular weight excluding hydrogens is 425 g/mol. The van der Waals surface area contributed by atoms with Crippen LogP contribution in [0.15, 0.2) is 58.3 Å². The van der Waals surface area contributed by atoms with Crippen LogP contribution in [0.25, 0.3) is 0 Å². The first-order valence-electron chi connectivity index (χ1n) is 8.88. The first-order valence-corrected chi connectivity index (χ1v) is 11.2. The molecule has 2 aromatic rings. The standard InChI is InChI=1S/C19H19F3N2O3S2/c20-14-7-9-15(10-8-14)29(26,27)24-11-3-4-13(12-24)18(25)23-16-5-1-2-6-17(16)28-19(21)22/h1-2,5-10,13,19H,3-4,11-12H2,(H,23,25). The molecule has 156 valence electrons. The number of amides is 1. The summed E-state index contributed by atoms with van der Waals surface area (Å²) in [5.74, 6) is -4.21. The molecule has 1 aliphatic rings. The van der Waals surface area contributed by atoms with Gasteiger partial charge in [0.25, 0.3) is 5.76 Å². The summed E-state index contributed by atoms with van der Waals surface area (Å²) in [5, 5.41) is 2.64. The minimum atomic E-state index is -3.86. The zero-order valence-corrected chi connectivity index (χ0v) is 16.9. The number of halogens is 3. The summed E-state index contributed by atoms with van der Waals surface area (Å²) < 4.78 is 65.3. The number of hydrogen-bond donors (Lipinski definition) is 1. The van der Waals surface area contributed by atoms with Gasteiger partial charge in [-0.3, -0.25) is 4.79 Å². The van der Waals surface area contributed by atoms with Crippen molar-refractivity contribution in [1.82, 2.24) is 4.31 Å². The second-order valence-corrected chi connectivity index (χ2v) is 9.49. The number of nitrogens with zero attached hydrogens (tertiary/aromatic N) is 1. The number of carbonyl (C=O) groups is 1. The number of rotatable bonds is 6. The van der Waals surface area contributed by atoms with Crippen LogP contribution >= 0.6 is 11.8 Å². The van der Waals surface area contributed by atoms with Crippen molar-refractivity contribution in [3.8, 4) is 0 Å². The van der Waals surface area contributed by atoms with E-state index in [1.54, 1.807) is 12.1 Å². The van der Waals surface area contributed by atoms with Gasteiger partial charge in [-0.25, -0.2) is 12.8 Å². The van der Waals surface area contributed by atoms with E-state index < -0.39 is 33.4 Å². The summed E-state index contributed by atoms with van der Waals surface area (Å²) >= 11 is 0.332. The summed E-state index contributed by atoms with van der Waals surface area (Å²) in [6.45, 7) is 0.219. The van der Waals surface area contributed by atoms with Crippen molar-refractivity contribution in [2.45, 2.75) is 28.4 Å². The molecule has 1 amide bonds. The van der Waals surface area contributed by atoms with E-state index >= 15 is 0 Å². The van der Waals surface area contributed by atoms with Gasteiger partial charge in [0.15, 0.2) is 0 Å². The molecule has 2 aromatic carbocycles. The summed E-state index contributed by atoms with van der Waals surface area (Å²) in [7, 11) is -3.86. The third-order valence-electron chi connectivity index (χ3n) is 4.57. The van der Waals surface area contributed by atoms with E-state index in [4.69, 9.17) is 0 Å². The second kappa shape index (κ2) is 9.19. The molecule has 1 heterocycles. The summed E-state index contributed by atoms with van der Waals surface area (Å²) in [6, 6.07) is 10.7. The zero-order chi connectivity index (χ0) is 21.0. The first kappa shape index (κ1) is 21.7. The largest absolute Gasteiger partial charge is 0.325 e. The van der Waals surface area contributed by atoms with Gasteiger partial charge in [0.1, 0.15) is 5.82 Å². The molecule has 1 N–H and O–H groups in total. The van der Waals surface area contributed by atoms with Crippen LogP contribution in [0, 0.1) is 11.7 Å². The van der Waals surface area contributed by atoms with Gasteiger partial charge >= 0.3 is 0 Å². The Labute approximate surface area is 171 Å². The number of anilines is 1. The van der Waals surface area contributed by atoms with E-state index in [1.807, 2.05) is 0 Å². The van der Waals surface area contributed by atoms with Crippen LogP contribution in [0.2, 0.25) is 0 Å².